The van der Waals surface area contributed by atoms with Crippen LogP contribution in [-0.2, 0) is 0 Å². The maximum atomic E-state index is 11.7. The molecule has 0 aliphatic rings. The van der Waals surface area contributed by atoms with Crippen LogP contribution in [0, 0.1) is 0 Å². The Morgan fingerprint density at radius 1 is 1.25 bits per heavy atom. The van der Waals surface area contributed by atoms with E-state index in [1.165, 1.54) is 6.07 Å². The third kappa shape index (κ3) is 1.32. The molecule has 16 heavy (non-hydrogen) atoms. The number of aromatic nitrogens is 3. The largest absolute Gasteiger partial charge is 0.361 e. The molecule has 1 N–H and O–H groups in total. The number of hydrogen-bond acceptors (Lipinski definition) is 2. The van der Waals surface area contributed by atoms with E-state index in [1.54, 1.807) is 17.1 Å². The summed E-state index contributed by atoms with van der Waals surface area (Å²) in [5.74, 6) is 0. The van der Waals surface area contributed by atoms with Gasteiger partial charge < -0.3 is 4.98 Å². The molecule has 0 saturated carbocycles. The van der Waals surface area contributed by atoms with Gasteiger partial charge in [-0.15, -0.1) is 0 Å². The van der Waals surface area contributed by atoms with E-state index in [4.69, 9.17) is 0 Å². The van der Waals surface area contributed by atoms with Crippen molar-refractivity contribution in [2.24, 2.45) is 0 Å². The summed E-state index contributed by atoms with van der Waals surface area (Å²) in [7, 11) is 0. The number of fused-ring (bicyclic) bond motifs is 1. The van der Waals surface area contributed by atoms with Gasteiger partial charge in [0.05, 0.1) is 5.69 Å². The van der Waals surface area contributed by atoms with Crippen molar-refractivity contribution in [2.75, 3.05) is 0 Å². The van der Waals surface area contributed by atoms with E-state index in [2.05, 4.69) is 10.1 Å². The molecule has 3 aromatic rings. The van der Waals surface area contributed by atoms with Gasteiger partial charge in [0.1, 0.15) is 0 Å². The lowest BCUT2D eigenvalue weighted by Gasteiger charge is -2.02. The minimum absolute atomic E-state index is 0.0164. The summed E-state index contributed by atoms with van der Waals surface area (Å²) >= 11 is 0. The van der Waals surface area contributed by atoms with Crippen LogP contribution < -0.4 is 5.43 Å². The smallest absolute Gasteiger partial charge is 0.189 e. The monoisotopic (exact) mass is 211 g/mol. The molecule has 0 aliphatic heterocycles. The fourth-order valence-corrected chi connectivity index (χ4v) is 1.72. The first kappa shape index (κ1) is 8.91. The van der Waals surface area contributed by atoms with Crippen LogP contribution in [-0.4, -0.2) is 14.8 Å². The highest BCUT2D eigenvalue weighted by Crippen LogP contribution is 2.12. The highest BCUT2D eigenvalue weighted by atomic mass is 16.1. The van der Waals surface area contributed by atoms with E-state index in [-0.39, 0.29) is 5.43 Å². The number of rotatable bonds is 1. The summed E-state index contributed by atoms with van der Waals surface area (Å²) in [6.07, 6.45) is 5.20. The Labute approximate surface area is 91.2 Å². The van der Waals surface area contributed by atoms with Gasteiger partial charge in [0.2, 0.25) is 0 Å². The molecule has 0 radical (unpaired) electrons. The molecule has 78 valence electrons. The van der Waals surface area contributed by atoms with Crippen LogP contribution in [0.3, 0.4) is 0 Å². The molecule has 0 spiro atoms. The molecule has 0 amide bonds. The molecule has 0 fully saturated rings. The van der Waals surface area contributed by atoms with Gasteiger partial charge in [-0.05, 0) is 24.3 Å². The Morgan fingerprint density at radius 2 is 2.19 bits per heavy atom. The van der Waals surface area contributed by atoms with Crippen molar-refractivity contribution in [3.63, 3.8) is 0 Å². The summed E-state index contributed by atoms with van der Waals surface area (Å²) in [6.45, 7) is 0. The average Bonchev–Trinajstić information content (AvgIpc) is 2.83. The second-order valence-electron chi connectivity index (χ2n) is 3.52. The first-order valence-electron chi connectivity index (χ1n) is 4.96. The lowest BCUT2D eigenvalue weighted by molar-refractivity contribution is 0.882. The van der Waals surface area contributed by atoms with Crippen LogP contribution in [0.15, 0.2) is 53.7 Å². The zero-order valence-corrected chi connectivity index (χ0v) is 8.42. The number of aromatic amines is 1. The van der Waals surface area contributed by atoms with Gasteiger partial charge in [-0.3, -0.25) is 4.79 Å². The summed E-state index contributed by atoms with van der Waals surface area (Å²) in [5.41, 5.74) is 1.74. The lowest BCUT2D eigenvalue weighted by atomic mass is 10.2. The SMILES string of the molecule is O=c1cc[nH]c2ccc(-n3cccn3)cc12. The van der Waals surface area contributed by atoms with Crippen molar-refractivity contribution < 1.29 is 0 Å². The molecular weight excluding hydrogens is 202 g/mol. The average molecular weight is 211 g/mol. The Bertz CT molecular complexity index is 683. The van der Waals surface area contributed by atoms with Crippen LogP contribution in [0.5, 0.6) is 0 Å². The minimum atomic E-state index is 0.0164. The van der Waals surface area contributed by atoms with E-state index >= 15 is 0 Å². The standard InChI is InChI=1S/C12H9N3O/c16-12-4-6-13-11-3-2-9(8-10(11)12)15-7-1-5-14-15/h1-8H,(H,13,16). The van der Waals surface area contributed by atoms with Crippen LogP contribution in [0.2, 0.25) is 0 Å². The number of nitrogens with zero attached hydrogens (tertiary/aromatic N) is 2. The first-order chi connectivity index (χ1) is 7.84. The van der Waals surface area contributed by atoms with Crippen LogP contribution in [0.25, 0.3) is 16.6 Å². The van der Waals surface area contributed by atoms with Crippen LogP contribution >= 0.6 is 0 Å². The zero-order chi connectivity index (χ0) is 11.0. The lowest BCUT2D eigenvalue weighted by Crippen LogP contribution is -2.02. The maximum Gasteiger partial charge on any atom is 0.189 e. The Morgan fingerprint density at radius 3 is 3.00 bits per heavy atom. The Balaban J connectivity index is 2.31. The summed E-state index contributed by atoms with van der Waals surface area (Å²) in [4.78, 5) is 14.7. The fourth-order valence-electron chi connectivity index (χ4n) is 1.72. The van der Waals surface area contributed by atoms with Crippen LogP contribution in [0.4, 0.5) is 0 Å². The molecule has 0 atom stereocenters. The van der Waals surface area contributed by atoms with E-state index in [0.29, 0.717) is 5.39 Å². The predicted octanol–water partition coefficient (Wildman–Crippen LogP) is 1.71. The Hall–Kier alpha value is -2.36. The summed E-state index contributed by atoms with van der Waals surface area (Å²) < 4.78 is 1.73. The number of H-pyrrole nitrogens is 1. The molecule has 3 rings (SSSR count). The summed E-state index contributed by atoms with van der Waals surface area (Å²) in [6, 6.07) is 9.01. The first-order valence-corrected chi connectivity index (χ1v) is 4.96. The van der Waals surface area contributed by atoms with E-state index < -0.39 is 0 Å². The number of benzene rings is 1. The van der Waals surface area contributed by atoms with E-state index in [0.717, 1.165) is 11.2 Å². The number of pyridine rings is 1. The third-order valence-electron chi connectivity index (χ3n) is 2.51. The molecule has 0 aliphatic carbocycles. The van der Waals surface area contributed by atoms with Crippen molar-refractivity contribution in [1.82, 2.24) is 14.8 Å². The van der Waals surface area contributed by atoms with E-state index in [1.807, 2.05) is 30.5 Å². The van der Waals surface area contributed by atoms with Crippen molar-refractivity contribution in [2.45, 2.75) is 0 Å². The predicted molar refractivity (Wildman–Crippen MR) is 61.7 cm³/mol. The molecule has 2 heterocycles. The molecule has 0 bridgehead atoms. The molecule has 0 unspecified atom stereocenters. The highest BCUT2D eigenvalue weighted by molar-refractivity contribution is 5.80. The van der Waals surface area contributed by atoms with Gasteiger partial charge in [0.25, 0.3) is 0 Å². The summed E-state index contributed by atoms with van der Waals surface area (Å²) in [5, 5.41) is 4.80. The molecular formula is C12H9N3O. The van der Waals surface area contributed by atoms with Gasteiger partial charge in [-0.2, -0.15) is 5.10 Å². The maximum absolute atomic E-state index is 11.7. The third-order valence-corrected chi connectivity index (χ3v) is 2.51. The van der Waals surface area contributed by atoms with Gasteiger partial charge in [-0.1, -0.05) is 0 Å². The van der Waals surface area contributed by atoms with Crippen molar-refractivity contribution >= 4 is 10.9 Å². The molecule has 2 aromatic heterocycles. The quantitative estimate of drug-likeness (QED) is 0.666. The normalized spacial score (nSPS) is 10.8. The zero-order valence-electron chi connectivity index (χ0n) is 8.42. The van der Waals surface area contributed by atoms with Crippen molar-refractivity contribution in [1.29, 1.82) is 0 Å². The number of hydrogen-bond donors (Lipinski definition) is 1. The highest BCUT2D eigenvalue weighted by Gasteiger charge is 2.01. The van der Waals surface area contributed by atoms with Gasteiger partial charge in [0.15, 0.2) is 5.43 Å². The van der Waals surface area contributed by atoms with E-state index in [9.17, 15) is 4.79 Å². The van der Waals surface area contributed by atoms with Crippen molar-refractivity contribution in [3.8, 4) is 5.69 Å². The van der Waals surface area contributed by atoms with Gasteiger partial charge in [-0.25, -0.2) is 4.68 Å². The van der Waals surface area contributed by atoms with Crippen LogP contribution in [0.1, 0.15) is 0 Å². The Kier molecular flexibility index (Phi) is 1.86. The molecule has 4 heteroatoms. The van der Waals surface area contributed by atoms with Gasteiger partial charge in [0, 0.05) is 35.6 Å². The molecule has 4 nitrogen and oxygen atoms in total. The second kappa shape index (κ2) is 3.34. The topological polar surface area (TPSA) is 50.7 Å². The minimum Gasteiger partial charge on any atom is -0.361 e. The molecule has 1 aromatic carbocycles. The fraction of sp³-hybridized carbons (Fsp3) is 0. The second-order valence-corrected chi connectivity index (χ2v) is 3.52. The van der Waals surface area contributed by atoms with Crippen molar-refractivity contribution in [3.05, 3.63) is 59.1 Å². The number of nitrogens with one attached hydrogen (secondary N) is 1. The van der Waals surface area contributed by atoms with Gasteiger partial charge >= 0.3 is 0 Å². The molecule has 0 saturated heterocycles.